The van der Waals surface area contributed by atoms with Gasteiger partial charge in [-0.25, -0.2) is 4.79 Å². The Kier molecular flexibility index (Phi) is 8.61. The Morgan fingerprint density at radius 3 is 2.44 bits per heavy atom. The van der Waals surface area contributed by atoms with Crippen LogP contribution in [0.3, 0.4) is 0 Å². The Morgan fingerprint density at radius 1 is 0.953 bits per heavy atom. The molecule has 1 fully saturated rings. The summed E-state index contributed by atoms with van der Waals surface area (Å²) in [4.78, 5) is 26.4. The molecule has 1 aliphatic rings. The highest BCUT2D eigenvalue weighted by Crippen LogP contribution is 2.40. The van der Waals surface area contributed by atoms with Crippen LogP contribution < -0.4 is 29.9 Å². The van der Waals surface area contributed by atoms with Crippen LogP contribution in [0.2, 0.25) is 0 Å². The highest BCUT2D eigenvalue weighted by Gasteiger charge is 2.36. The van der Waals surface area contributed by atoms with E-state index < -0.39 is 29.8 Å². The normalized spacial score (nSPS) is 20.0. The van der Waals surface area contributed by atoms with Crippen LogP contribution in [0, 0.1) is 12.8 Å². The molecule has 0 aliphatic heterocycles. The topological polar surface area (TPSA) is 137 Å². The second kappa shape index (κ2) is 12.4. The first kappa shape index (κ1) is 29.9. The molecule has 1 aliphatic carbocycles. The van der Waals surface area contributed by atoms with Crippen molar-refractivity contribution < 1.29 is 38.4 Å². The van der Waals surface area contributed by atoms with Crippen LogP contribution in [0.25, 0.3) is 22.1 Å². The van der Waals surface area contributed by atoms with Crippen molar-refractivity contribution in [3.05, 3.63) is 76.1 Å². The Bertz CT molecular complexity index is 1710. The fraction of sp³-hybridized carbons (Fsp3) is 0.333. The van der Waals surface area contributed by atoms with Crippen LogP contribution in [-0.2, 0) is 0 Å². The van der Waals surface area contributed by atoms with E-state index in [1.807, 2.05) is 31.2 Å². The number of hydrogen-bond donors (Lipinski definition) is 3. The van der Waals surface area contributed by atoms with Crippen molar-refractivity contribution in [1.82, 2.24) is 0 Å². The number of anilines is 1. The first-order valence-electron chi connectivity index (χ1n) is 14.0. The van der Waals surface area contributed by atoms with Gasteiger partial charge < -0.3 is 38.9 Å². The Balaban J connectivity index is 1.46. The average molecular weight is 590 g/mol. The predicted molar refractivity (Wildman–Crippen MR) is 162 cm³/mol. The predicted octanol–water partition coefficient (Wildman–Crippen LogP) is 4.95. The van der Waals surface area contributed by atoms with Crippen molar-refractivity contribution in [2.75, 3.05) is 26.6 Å². The number of aryl methyl sites for hydroxylation is 1. The zero-order chi connectivity index (χ0) is 30.8. The van der Waals surface area contributed by atoms with Crippen LogP contribution in [0.1, 0.15) is 35.7 Å². The van der Waals surface area contributed by atoms with Crippen LogP contribution >= 0.6 is 0 Å². The molecular formula is C33H35NO9. The Labute approximate surface area is 248 Å². The quantitative estimate of drug-likeness (QED) is 0.244. The fourth-order valence-corrected chi connectivity index (χ4v) is 5.53. The van der Waals surface area contributed by atoms with Crippen molar-refractivity contribution in [3.8, 4) is 34.1 Å². The van der Waals surface area contributed by atoms with Crippen molar-refractivity contribution >= 4 is 22.6 Å². The minimum Gasteiger partial charge on any atom is -0.497 e. The van der Waals surface area contributed by atoms with Gasteiger partial charge in [-0.3, -0.25) is 4.79 Å². The number of carbonyl (C=O) groups excluding carboxylic acids is 1. The molecule has 0 saturated heterocycles. The van der Waals surface area contributed by atoms with Gasteiger partial charge in [-0.05, 0) is 73.7 Å². The summed E-state index contributed by atoms with van der Waals surface area (Å²) in [6.45, 7) is 3.70. The van der Waals surface area contributed by atoms with Crippen LogP contribution in [-0.4, -0.2) is 55.8 Å². The van der Waals surface area contributed by atoms with Crippen LogP contribution in [0.4, 0.5) is 5.69 Å². The maximum absolute atomic E-state index is 13.3. The molecule has 5 rings (SSSR count). The highest BCUT2D eigenvalue weighted by molar-refractivity contribution is 6.06. The molecule has 0 spiro atoms. The van der Waals surface area contributed by atoms with Gasteiger partial charge in [0.15, 0.2) is 11.5 Å². The van der Waals surface area contributed by atoms with Gasteiger partial charge in [0, 0.05) is 22.1 Å². The lowest BCUT2D eigenvalue weighted by Crippen LogP contribution is -2.46. The maximum atomic E-state index is 13.3. The lowest BCUT2D eigenvalue weighted by molar-refractivity contribution is -0.0883. The zero-order valence-electron chi connectivity index (χ0n) is 24.7. The van der Waals surface area contributed by atoms with E-state index in [0.29, 0.717) is 57.9 Å². The molecule has 43 heavy (non-hydrogen) atoms. The second-order valence-electron chi connectivity index (χ2n) is 10.8. The molecule has 1 aromatic heterocycles. The molecule has 1 saturated carbocycles. The maximum Gasteiger partial charge on any atom is 0.360 e. The summed E-state index contributed by atoms with van der Waals surface area (Å²) < 4.78 is 28.3. The number of amides is 1. The number of carbonyl (C=O) groups is 1. The van der Waals surface area contributed by atoms with Crippen molar-refractivity contribution in [2.45, 2.75) is 45.0 Å². The van der Waals surface area contributed by atoms with Crippen molar-refractivity contribution in [2.24, 2.45) is 5.92 Å². The molecule has 3 N–H and O–H groups in total. The van der Waals surface area contributed by atoms with Gasteiger partial charge in [0.2, 0.25) is 0 Å². The third-order valence-corrected chi connectivity index (χ3v) is 7.80. The zero-order valence-corrected chi connectivity index (χ0v) is 24.7. The molecule has 0 radical (unpaired) electrons. The van der Waals surface area contributed by atoms with E-state index in [-0.39, 0.29) is 17.2 Å². The van der Waals surface area contributed by atoms with E-state index in [9.17, 15) is 19.8 Å². The van der Waals surface area contributed by atoms with E-state index in [4.69, 9.17) is 23.4 Å². The van der Waals surface area contributed by atoms with Crippen LogP contribution in [0.15, 0.2) is 63.8 Å². The fourth-order valence-electron chi connectivity index (χ4n) is 5.53. The molecule has 10 nitrogen and oxygen atoms in total. The number of nitrogens with one attached hydrogen (secondary N) is 1. The summed E-state index contributed by atoms with van der Waals surface area (Å²) >= 11 is 0. The smallest absolute Gasteiger partial charge is 0.360 e. The Morgan fingerprint density at radius 2 is 1.72 bits per heavy atom. The first-order valence-corrected chi connectivity index (χ1v) is 14.0. The molecule has 4 atom stereocenters. The number of aliphatic hydroxyl groups excluding tert-OH is 2. The summed E-state index contributed by atoms with van der Waals surface area (Å²) in [5.74, 6) is 1.53. The van der Waals surface area contributed by atoms with Gasteiger partial charge in [-0.2, -0.15) is 0 Å². The molecule has 1 amide bonds. The van der Waals surface area contributed by atoms with Crippen molar-refractivity contribution in [3.63, 3.8) is 0 Å². The van der Waals surface area contributed by atoms with E-state index in [2.05, 4.69) is 5.32 Å². The van der Waals surface area contributed by atoms with Crippen LogP contribution in [0.5, 0.6) is 23.0 Å². The summed E-state index contributed by atoms with van der Waals surface area (Å²) in [6, 6.07) is 15.5. The standard InChI is InChI=1S/C33H35NO9/c1-17-11-25(35)29(36)27(12-17)42-31-18(2)30-21(16-28(31)41-5)15-24(33(38)43-30)34-32(37)20-9-10-26(40-4)23(14-20)19-7-6-8-22(13-19)39-3/h6-10,13-17,25,27,29,35-36H,11-12H2,1-5H3,(H,34,37)/t17?,25-,27?,29-/m1/s1. The average Bonchev–Trinajstić information content (AvgIpc) is 3.01. The molecule has 10 heteroatoms. The summed E-state index contributed by atoms with van der Waals surface area (Å²) in [6.07, 6.45) is -1.61. The monoisotopic (exact) mass is 589 g/mol. The Hall–Kier alpha value is -4.54. The summed E-state index contributed by atoms with van der Waals surface area (Å²) in [5, 5.41) is 23.9. The number of fused-ring (bicyclic) bond motifs is 1. The van der Waals surface area contributed by atoms with Gasteiger partial charge in [0.05, 0.1) is 27.4 Å². The van der Waals surface area contributed by atoms with Gasteiger partial charge in [0.1, 0.15) is 35.0 Å². The third-order valence-electron chi connectivity index (χ3n) is 7.80. The molecule has 4 aromatic rings. The third kappa shape index (κ3) is 6.02. The lowest BCUT2D eigenvalue weighted by atomic mass is 9.84. The van der Waals surface area contributed by atoms with Gasteiger partial charge in [0.25, 0.3) is 5.91 Å². The molecule has 2 unspecified atom stereocenters. The van der Waals surface area contributed by atoms with Gasteiger partial charge in [-0.1, -0.05) is 19.1 Å². The number of rotatable bonds is 8. The molecule has 1 heterocycles. The summed E-state index contributed by atoms with van der Waals surface area (Å²) in [5.41, 5.74) is 1.72. The number of hydrogen-bond acceptors (Lipinski definition) is 9. The van der Waals surface area contributed by atoms with E-state index in [0.717, 1.165) is 5.56 Å². The SMILES string of the molecule is COc1cccc(-c2cc(C(=O)Nc3cc4cc(OC)c(OC5CC(C)C[C@@H](O)[C@H]5O)c(C)c4oc3=O)ccc2OC)c1. The number of methoxy groups -OCH3 is 3. The van der Waals surface area contributed by atoms with Gasteiger partial charge >= 0.3 is 5.63 Å². The molecule has 0 bridgehead atoms. The van der Waals surface area contributed by atoms with E-state index in [1.54, 1.807) is 45.4 Å². The number of benzene rings is 3. The molecule has 226 valence electrons. The largest absolute Gasteiger partial charge is 0.497 e. The highest BCUT2D eigenvalue weighted by atomic mass is 16.5. The minimum absolute atomic E-state index is 0.0500. The number of aliphatic hydroxyl groups is 2. The summed E-state index contributed by atoms with van der Waals surface area (Å²) in [7, 11) is 4.60. The van der Waals surface area contributed by atoms with E-state index in [1.165, 1.54) is 13.2 Å². The minimum atomic E-state index is -1.07. The lowest BCUT2D eigenvalue weighted by Gasteiger charge is -2.36. The van der Waals surface area contributed by atoms with E-state index >= 15 is 0 Å². The van der Waals surface area contributed by atoms with Gasteiger partial charge in [-0.15, -0.1) is 0 Å². The number of ether oxygens (including phenoxy) is 4. The van der Waals surface area contributed by atoms with Crippen molar-refractivity contribution in [1.29, 1.82) is 0 Å². The first-order chi connectivity index (χ1) is 20.6. The molecule has 3 aromatic carbocycles. The molecular weight excluding hydrogens is 554 g/mol. The second-order valence-corrected chi connectivity index (χ2v) is 10.8.